The number of hydrogen-bond acceptors (Lipinski definition) is 3. The largest absolute Gasteiger partial charge is 0.334 e. The molecule has 1 heterocycles. The van der Waals surface area contributed by atoms with Crippen molar-refractivity contribution in [1.29, 1.82) is 0 Å². The maximum Gasteiger partial charge on any atom is 0.334 e. The van der Waals surface area contributed by atoms with E-state index in [0.717, 1.165) is 15.4 Å². The van der Waals surface area contributed by atoms with Crippen LogP contribution in [-0.2, 0) is 22.7 Å². The highest BCUT2D eigenvalue weighted by atomic mass is 35.5. The molecule has 0 radical (unpaired) electrons. The van der Waals surface area contributed by atoms with Crippen molar-refractivity contribution >= 4 is 41.0 Å². The monoisotopic (exact) mass is 362 g/mol. The fourth-order valence-corrected chi connectivity index (χ4v) is 2.74. The van der Waals surface area contributed by atoms with E-state index in [1.54, 1.807) is 42.5 Å². The van der Waals surface area contributed by atoms with Crippen molar-refractivity contribution in [2.75, 3.05) is 0 Å². The van der Waals surface area contributed by atoms with Gasteiger partial charge in [0, 0.05) is 0 Å². The predicted molar refractivity (Wildman–Crippen MR) is 89.4 cm³/mol. The third-order valence-corrected chi connectivity index (χ3v) is 4.38. The summed E-state index contributed by atoms with van der Waals surface area (Å²) < 4.78 is 0. The zero-order valence-corrected chi connectivity index (χ0v) is 13.9. The number of carbonyl (C=O) groups excluding carboxylic acids is 3. The summed E-state index contributed by atoms with van der Waals surface area (Å²) >= 11 is 11.8. The molecule has 0 aliphatic carbocycles. The molecule has 4 amide bonds. The van der Waals surface area contributed by atoms with E-state index in [1.807, 2.05) is 6.07 Å². The van der Waals surface area contributed by atoms with Gasteiger partial charge in [0.05, 0.1) is 23.1 Å². The Morgan fingerprint density at radius 1 is 0.708 bits per heavy atom. The fraction of sp³-hybridized carbons (Fsp3) is 0.118. The SMILES string of the molecule is O=C1C(=O)N(Cc2ccc(Cl)c(Cl)c2)C(=O)N1Cc1ccccc1. The minimum Gasteiger partial charge on any atom is -0.263 e. The molecule has 0 atom stereocenters. The molecule has 7 heteroatoms. The van der Waals surface area contributed by atoms with Gasteiger partial charge in [-0.15, -0.1) is 0 Å². The van der Waals surface area contributed by atoms with Gasteiger partial charge >= 0.3 is 17.8 Å². The molecular formula is C17H12Cl2N2O3. The first-order chi connectivity index (χ1) is 11.5. The van der Waals surface area contributed by atoms with Crippen LogP contribution in [0.15, 0.2) is 48.5 Å². The molecule has 1 aliphatic heterocycles. The molecule has 0 unspecified atom stereocenters. The number of halogens is 2. The van der Waals surface area contributed by atoms with Crippen molar-refractivity contribution in [2.45, 2.75) is 13.1 Å². The van der Waals surface area contributed by atoms with Crippen molar-refractivity contribution in [1.82, 2.24) is 9.80 Å². The number of carbonyl (C=O) groups is 3. The van der Waals surface area contributed by atoms with Crippen molar-refractivity contribution < 1.29 is 14.4 Å². The number of hydrogen-bond donors (Lipinski definition) is 0. The summed E-state index contributed by atoms with van der Waals surface area (Å²) in [5.74, 6) is -1.68. The smallest absolute Gasteiger partial charge is 0.263 e. The summed E-state index contributed by atoms with van der Waals surface area (Å²) in [4.78, 5) is 38.5. The highest BCUT2D eigenvalue weighted by molar-refractivity contribution is 6.44. The Labute approximate surface area is 148 Å². The van der Waals surface area contributed by atoms with E-state index in [0.29, 0.717) is 15.6 Å². The number of imide groups is 2. The van der Waals surface area contributed by atoms with Gasteiger partial charge in [0.1, 0.15) is 0 Å². The first kappa shape index (κ1) is 16.5. The van der Waals surface area contributed by atoms with Gasteiger partial charge in [-0.3, -0.25) is 19.4 Å². The highest BCUT2D eigenvalue weighted by Crippen LogP contribution is 2.25. The van der Waals surface area contributed by atoms with E-state index < -0.39 is 17.8 Å². The van der Waals surface area contributed by atoms with Crippen molar-refractivity contribution in [3.8, 4) is 0 Å². The highest BCUT2D eigenvalue weighted by Gasteiger charge is 2.44. The van der Waals surface area contributed by atoms with E-state index in [1.165, 1.54) is 0 Å². The Kier molecular flexibility index (Phi) is 4.55. The van der Waals surface area contributed by atoms with Crippen LogP contribution in [0.4, 0.5) is 4.79 Å². The second-order valence-electron chi connectivity index (χ2n) is 5.30. The predicted octanol–water partition coefficient (Wildman–Crippen LogP) is 3.48. The van der Waals surface area contributed by atoms with Gasteiger partial charge in [-0.05, 0) is 23.3 Å². The second-order valence-corrected chi connectivity index (χ2v) is 6.11. The third kappa shape index (κ3) is 3.13. The molecule has 0 aromatic heterocycles. The van der Waals surface area contributed by atoms with E-state index in [4.69, 9.17) is 23.2 Å². The Morgan fingerprint density at radius 2 is 1.29 bits per heavy atom. The quantitative estimate of drug-likeness (QED) is 0.617. The van der Waals surface area contributed by atoms with E-state index in [9.17, 15) is 14.4 Å². The Hall–Kier alpha value is -2.37. The zero-order chi connectivity index (χ0) is 17.3. The van der Waals surface area contributed by atoms with E-state index >= 15 is 0 Å². The van der Waals surface area contributed by atoms with Gasteiger partial charge < -0.3 is 0 Å². The number of benzene rings is 2. The molecule has 3 rings (SSSR count). The van der Waals surface area contributed by atoms with Crippen molar-refractivity contribution in [3.05, 3.63) is 69.7 Å². The number of nitrogens with zero attached hydrogens (tertiary/aromatic N) is 2. The summed E-state index contributed by atoms with van der Waals surface area (Å²) in [6.07, 6.45) is 0. The molecule has 1 fully saturated rings. The summed E-state index contributed by atoms with van der Waals surface area (Å²) in [6, 6.07) is 13.2. The van der Waals surface area contributed by atoms with Crippen LogP contribution in [0.3, 0.4) is 0 Å². The fourth-order valence-electron chi connectivity index (χ4n) is 2.42. The van der Waals surface area contributed by atoms with Crippen molar-refractivity contribution in [2.24, 2.45) is 0 Å². The van der Waals surface area contributed by atoms with Crippen LogP contribution < -0.4 is 0 Å². The van der Waals surface area contributed by atoms with Gasteiger partial charge in [0.2, 0.25) is 0 Å². The van der Waals surface area contributed by atoms with Crippen LogP contribution in [0.25, 0.3) is 0 Å². The lowest BCUT2D eigenvalue weighted by Crippen LogP contribution is -2.32. The van der Waals surface area contributed by atoms with Crippen LogP contribution in [-0.4, -0.2) is 27.6 Å². The normalized spacial score (nSPS) is 14.7. The summed E-state index contributed by atoms with van der Waals surface area (Å²) in [5.41, 5.74) is 1.38. The molecule has 2 aromatic carbocycles. The Morgan fingerprint density at radius 3 is 1.88 bits per heavy atom. The Balaban J connectivity index is 1.79. The Bertz CT molecular complexity index is 824. The first-order valence-electron chi connectivity index (χ1n) is 7.12. The first-order valence-corrected chi connectivity index (χ1v) is 7.88. The lowest BCUT2D eigenvalue weighted by atomic mass is 10.2. The molecule has 0 spiro atoms. The molecular weight excluding hydrogens is 351 g/mol. The van der Waals surface area contributed by atoms with Gasteiger partial charge in [0.25, 0.3) is 0 Å². The van der Waals surface area contributed by atoms with Crippen molar-refractivity contribution in [3.63, 3.8) is 0 Å². The zero-order valence-electron chi connectivity index (χ0n) is 12.4. The van der Waals surface area contributed by atoms with Crippen LogP contribution in [0, 0.1) is 0 Å². The van der Waals surface area contributed by atoms with Crippen LogP contribution >= 0.6 is 23.2 Å². The van der Waals surface area contributed by atoms with E-state index in [-0.39, 0.29) is 13.1 Å². The second kappa shape index (κ2) is 6.63. The summed E-state index contributed by atoms with van der Waals surface area (Å²) in [7, 11) is 0. The maximum atomic E-state index is 12.4. The third-order valence-electron chi connectivity index (χ3n) is 3.64. The van der Waals surface area contributed by atoms with E-state index in [2.05, 4.69) is 0 Å². The summed E-state index contributed by atoms with van der Waals surface area (Å²) in [6.45, 7) is 0.0215. The molecule has 1 aliphatic rings. The molecule has 2 aromatic rings. The maximum absolute atomic E-state index is 12.4. The molecule has 24 heavy (non-hydrogen) atoms. The van der Waals surface area contributed by atoms with Crippen LogP contribution in [0.2, 0.25) is 10.0 Å². The molecule has 0 saturated carbocycles. The molecule has 1 saturated heterocycles. The van der Waals surface area contributed by atoms with Gasteiger partial charge in [-0.1, -0.05) is 59.6 Å². The average Bonchev–Trinajstić information content (AvgIpc) is 2.77. The number of rotatable bonds is 4. The van der Waals surface area contributed by atoms with Gasteiger partial charge in [0.15, 0.2) is 0 Å². The van der Waals surface area contributed by atoms with Gasteiger partial charge in [-0.25, -0.2) is 4.79 Å². The molecule has 0 N–H and O–H groups in total. The minimum atomic E-state index is -0.845. The average molecular weight is 363 g/mol. The van der Waals surface area contributed by atoms with Crippen LogP contribution in [0.5, 0.6) is 0 Å². The summed E-state index contributed by atoms with van der Waals surface area (Å²) in [5, 5.41) is 0.696. The standard InChI is InChI=1S/C17H12Cl2N2O3/c18-13-7-6-12(8-14(13)19)10-21-16(23)15(22)20(17(21)24)9-11-4-2-1-3-5-11/h1-8H,9-10H2. The lowest BCUT2D eigenvalue weighted by Gasteiger charge is -2.16. The molecule has 122 valence electrons. The minimum absolute atomic E-state index is 0.0361. The molecule has 5 nitrogen and oxygen atoms in total. The van der Waals surface area contributed by atoms with Crippen LogP contribution in [0.1, 0.15) is 11.1 Å². The molecule has 0 bridgehead atoms. The topological polar surface area (TPSA) is 57.7 Å². The lowest BCUT2D eigenvalue weighted by molar-refractivity contribution is -0.143. The number of amides is 4. The number of urea groups is 1. The van der Waals surface area contributed by atoms with Gasteiger partial charge in [-0.2, -0.15) is 0 Å².